The molecule has 1 amide bonds. The van der Waals surface area contributed by atoms with Crippen molar-refractivity contribution in [2.24, 2.45) is 12.1 Å². The third-order valence-electron chi connectivity index (χ3n) is 3.93. The first-order valence-corrected chi connectivity index (χ1v) is 8.40. The molecule has 3 rings (SSSR count). The van der Waals surface area contributed by atoms with Gasteiger partial charge in [-0.3, -0.25) is 9.59 Å². The molecule has 0 atom stereocenters. The molecule has 0 aliphatic carbocycles. The fraction of sp³-hybridized carbons (Fsp3) is 0.0952. The van der Waals surface area contributed by atoms with Crippen LogP contribution in [0.15, 0.2) is 82.8 Å². The Bertz CT molecular complexity index is 1010. The standard InChI is InChI=1S/C21H19N3O3/c1-24-13-7-12-19(21(24)26)20(25)23-22-14-16-8-5-6-9-17(16)15-27-18-10-3-2-4-11-18/h2-14H,15H2,1H3,(H,23,25)/b22-14-. The highest BCUT2D eigenvalue weighted by atomic mass is 16.5. The number of nitrogens with one attached hydrogen (secondary N) is 1. The van der Waals surface area contributed by atoms with Crippen LogP contribution in [0.25, 0.3) is 0 Å². The number of ether oxygens (including phenoxy) is 1. The number of hydrazone groups is 1. The van der Waals surface area contributed by atoms with Crippen molar-refractivity contribution in [3.63, 3.8) is 0 Å². The number of amides is 1. The van der Waals surface area contributed by atoms with Gasteiger partial charge in [0.15, 0.2) is 0 Å². The second kappa shape index (κ2) is 8.62. The Kier molecular flexibility index (Phi) is 5.79. The molecule has 6 heteroatoms. The van der Waals surface area contributed by atoms with Crippen LogP contribution in [0.1, 0.15) is 21.5 Å². The lowest BCUT2D eigenvalue weighted by molar-refractivity contribution is 0.0953. The van der Waals surface area contributed by atoms with E-state index in [1.54, 1.807) is 19.3 Å². The van der Waals surface area contributed by atoms with Gasteiger partial charge in [0.05, 0.1) is 6.21 Å². The molecular weight excluding hydrogens is 342 g/mol. The SMILES string of the molecule is Cn1cccc(C(=O)N/N=C\c2ccccc2COc2ccccc2)c1=O. The largest absolute Gasteiger partial charge is 0.489 e. The summed E-state index contributed by atoms with van der Waals surface area (Å²) in [6.45, 7) is 0.374. The van der Waals surface area contributed by atoms with Gasteiger partial charge < -0.3 is 9.30 Å². The van der Waals surface area contributed by atoms with Gasteiger partial charge in [0.1, 0.15) is 17.9 Å². The molecule has 0 saturated carbocycles. The quantitative estimate of drug-likeness (QED) is 0.542. The first-order valence-electron chi connectivity index (χ1n) is 8.40. The van der Waals surface area contributed by atoms with Crippen LogP contribution in [-0.2, 0) is 13.7 Å². The van der Waals surface area contributed by atoms with Crippen molar-refractivity contribution in [3.8, 4) is 5.75 Å². The average Bonchev–Trinajstić information content (AvgIpc) is 2.70. The summed E-state index contributed by atoms with van der Waals surface area (Å²) in [6, 6.07) is 20.2. The minimum absolute atomic E-state index is 0.0397. The lowest BCUT2D eigenvalue weighted by Gasteiger charge is -2.08. The number of pyridine rings is 1. The molecule has 1 aromatic heterocycles. The summed E-state index contributed by atoms with van der Waals surface area (Å²) >= 11 is 0. The minimum Gasteiger partial charge on any atom is -0.489 e. The van der Waals surface area contributed by atoms with Gasteiger partial charge in [0.2, 0.25) is 0 Å². The number of aryl methyl sites for hydroxylation is 1. The van der Waals surface area contributed by atoms with Crippen LogP contribution in [0.4, 0.5) is 0 Å². The summed E-state index contributed by atoms with van der Waals surface area (Å²) in [5.41, 5.74) is 3.80. The Labute approximate surface area is 156 Å². The van der Waals surface area contributed by atoms with Crippen molar-refractivity contribution >= 4 is 12.1 Å². The van der Waals surface area contributed by atoms with Gasteiger partial charge in [0, 0.05) is 18.8 Å². The Morgan fingerprint density at radius 3 is 2.63 bits per heavy atom. The van der Waals surface area contributed by atoms with Gasteiger partial charge in [-0.15, -0.1) is 0 Å². The summed E-state index contributed by atoms with van der Waals surface area (Å²) in [4.78, 5) is 24.1. The van der Waals surface area contributed by atoms with Crippen molar-refractivity contribution in [2.75, 3.05) is 0 Å². The predicted octanol–water partition coefficient (Wildman–Crippen LogP) is 2.73. The third-order valence-corrected chi connectivity index (χ3v) is 3.93. The van der Waals surface area contributed by atoms with Crippen molar-refractivity contribution < 1.29 is 9.53 Å². The van der Waals surface area contributed by atoms with E-state index in [4.69, 9.17) is 4.74 Å². The molecule has 0 fully saturated rings. The molecule has 3 aromatic rings. The van der Waals surface area contributed by atoms with Gasteiger partial charge in [-0.2, -0.15) is 5.10 Å². The third kappa shape index (κ3) is 4.70. The topological polar surface area (TPSA) is 72.7 Å². The highest BCUT2D eigenvalue weighted by Gasteiger charge is 2.09. The van der Waals surface area contributed by atoms with Crippen molar-refractivity contribution in [2.45, 2.75) is 6.61 Å². The number of para-hydroxylation sites is 1. The van der Waals surface area contributed by atoms with Gasteiger partial charge in [-0.1, -0.05) is 42.5 Å². The number of hydrogen-bond acceptors (Lipinski definition) is 4. The number of carbonyl (C=O) groups excluding carboxylic acids is 1. The summed E-state index contributed by atoms with van der Waals surface area (Å²) in [5, 5.41) is 3.98. The van der Waals surface area contributed by atoms with Gasteiger partial charge >= 0.3 is 0 Å². The maximum absolute atomic E-state index is 12.1. The van der Waals surface area contributed by atoms with E-state index in [0.717, 1.165) is 16.9 Å². The van der Waals surface area contributed by atoms with E-state index in [2.05, 4.69) is 10.5 Å². The highest BCUT2D eigenvalue weighted by Crippen LogP contribution is 2.13. The van der Waals surface area contributed by atoms with E-state index in [0.29, 0.717) is 6.61 Å². The monoisotopic (exact) mass is 361 g/mol. The molecule has 136 valence electrons. The number of aromatic nitrogens is 1. The van der Waals surface area contributed by atoms with Gasteiger partial charge in [-0.05, 0) is 29.8 Å². The second-order valence-corrected chi connectivity index (χ2v) is 5.84. The Morgan fingerprint density at radius 1 is 1.07 bits per heavy atom. The van der Waals surface area contributed by atoms with E-state index in [-0.39, 0.29) is 11.1 Å². The zero-order valence-corrected chi connectivity index (χ0v) is 14.8. The number of rotatable bonds is 6. The van der Waals surface area contributed by atoms with Crippen LogP contribution >= 0.6 is 0 Å². The fourth-order valence-electron chi connectivity index (χ4n) is 2.46. The average molecular weight is 361 g/mol. The molecule has 1 heterocycles. The van der Waals surface area contributed by atoms with Crippen LogP contribution < -0.4 is 15.7 Å². The van der Waals surface area contributed by atoms with Crippen LogP contribution in [0.5, 0.6) is 5.75 Å². The molecule has 0 aliphatic rings. The normalized spacial score (nSPS) is 10.7. The molecule has 0 saturated heterocycles. The lowest BCUT2D eigenvalue weighted by atomic mass is 10.1. The van der Waals surface area contributed by atoms with E-state index in [1.807, 2.05) is 54.6 Å². The molecule has 2 aromatic carbocycles. The molecule has 0 bridgehead atoms. The first-order chi connectivity index (χ1) is 13.1. The minimum atomic E-state index is -0.550. The maximum atomic E-state index is 12.1. The summed E-state index contributed by atoms with van der Waals surface area (Å²) < 4.78 is 7.11. The predicted molar refractivity (Wildman–Crippen MR) is 104 cm³/mol. The van der Waals surface area contributed by atoms with Crippen molar-refractivity contribution in [1.29, 1.82) is 0 Å². The summed E-state index contributed by atoms with van der Waals surface area (Å²) in [7, 11) is 1.59. The molecule has 0 spiro atoms. The molecule has 0 radical (unpaired) electrons. The zero-order chi connectivity index (χ0) is 19.1. The van der Waals surface area contributed by atoms with E-state index in [1.165, 1.54) is 16.8 Å². The number of hydrogen-bond donors (Lipinski definition) is 1. The summed E-state index contributed by atoms with van der Waals surface area (Å²) in [5.74, 6) is 0.225. The van der Waals surface area contributed by atoms with Crippen LogP contribution in [-0.4, -0.2) is 16.7 Å². The Morgan fingerprint density at radius 2 is 1.81 bits per heavy atom. The first kappa shape index (κ1) is 18.1. The Balaban J connectivity index is 1.67. The highest BCUT2D eigenvalue weighted by molar-refractivity contribution is 5.94. The Hall–Kier alpha value is -3.67. The smallest absolute Gasteiger partial charge is 0.276 e. The molecule has 27 heavy (non-hydrogen) atoms. The second-order valence-electron chi connectivity index (χ2n) is 5.84. The molecule has 6 nitrogen and oxygen atoms in total. The van der Waals surface area contributed by atoms with Gasteiger partial charge in [-0.25, -0.2) is 5.43 Å². The molecule has 1 N–H and O–H groups in total. The molecule has 0 unspecified atom stereocenters. The number of benzene rings is 2. The van der Waals surface area contributed by atoms with Crippen molar-refractivity contribution in [1.82, 2.24) is 9.99 Å². The lowest BCUT2D eigenvalue weighted by Crippen LogP contribution is -2.29. The zero-order valence-electron chi connectivity index (χ0n) is 14.8. The van der Waals surface area contributed by atoms with E-state index in [9.17, 15) is 9.59 Å². The van der Waals surface area contributed by atoms with Crippen LogP contribution in [0.2, 0.25) is 0 Å². The number of carbonyl (C=O) groups is 1. The van der Waals surface area contributed by atoms with Crippen LogP contribution in [0.3, 0.4) is 0 Å². The molecular formula is C21H19N3O3. The maximum Gasteiger partial charge on any atom is 0.276 e. The summed E-state index contributed by atoms with van der Waals surface area (Å²) in [6.07, 6.45) is 3.13. The number of nitrogens with zero attached hydrogens (tertiary/aromatic N) is 2. The van der Waals surface area contributed by atoms with Crippen molar-refractivity contribution in [3.05, 3.63) is 100.0 Å². The molecule has 0 aliphatic heterocycles. The van der Waals surface area contributed by atoms with Crippen LogP contribution in [0, 0.1) is 0 Å². The van der Waals surface area contributed by atoms with E-state index < -0.39 is 5.91 Å². The van der Waals surface area contributed by atoms with E-state index >= 15 is 0 Å². The fourth-order valence-corrected chi connectivity index (χ4v) is 2.46. The van der Waals surface area contributed by atoms with Gasteiger partial charge in [0.25, 0.3) is 11.5 Å².